The Balaban J connectivity index is 2.08. The molecule has 1 saturated heterocycles. The normalized spacial score (nSPS) is 19.0. The van der Waals surface area contributed by atoms with Gasteiger partial charge in [0.1, 0.15) is 6.04 Å². The van der Waals surface area contributed by atoms with E-state index in [1.807, 2.05) is 12.1 Å². The highest BCUT2D eigenvalue weighted by Gasteiger charge is 2.31. The average molecular weight is 340 g/mol. The summed E-state index contributed by atoms with van der Waals surface area (Å²) in [4.78, 5) is 13.1. The number of benzene rings is 1. The number of hydrogen-bond acceptors (Lipinski definition) is 4. The van der Waals surface area contributed by atoms with Crippen LogP contribution in [-0.2, 0) is 14.8 Å². The van der Waals surface area contributed by atoms with Gasteiger partial charge in [-0.25, -0.2) is 8.42 Å². The molecular weight excluding hydrogens is 316 g/mol. The topological polar surface area (TPSA) is 77.9 Å². The molecule has 6 nitrogen and oxygen atoms in total. The molecule has 0 amide bonds. The lowest BCUT2D eigenvalue weighted by Gasteiger charge is -2.35. The quantitative estimate of drug-likeness (QED) is 0.881. The van der Waals surface area contributed by atoms with Crippen LogP contribution in [0.25, 0.3) is 0 Å². The standard InChI is InChI=1S/C16H24N2O4S/c1-12(2)14-4-6-15(7-5-14)23(21,22)18-10-8-17(9-11-18)13(3)16(19)20/h4-7,12-13H,8-11H2,1-3H3,(H,19,20). The molecular formula is C16H24N2O4S. The number of piperazine rings is 1. The molecule has 2 rings (SSSR count). The molecule has 0 spiro atoms. The molecule has 1 heterocycles. The lowest BCUT2D eigenvalue weighted by atomic mass is 10.0. The summed E-state index contributed by atoms with van der Waals surface area (Å²) in [5.74, 6) is -0.529. The maximum atomic E-state index is 12.7. The highest BCUT2D eigenvalue weighted by atomic mass is 32.2. The van der Waals surface area contributed by atoms with Gasteiger partial charge in [0.15, 0.2) is 0 Å². The molecule has 0 aromatic heterocycles. The van der Waals surface area contributed by atoms with Crippen LogP contribution in [-0.4, -0.2) is 60.9 Å². The van der Waals surface area contributed by atoms with Crippen LogP contribution in [0.3, 0.4) is 0 Å². The number of hydrogen-bond donors (Lipinski definition) is 1. The monoisotopic (exact) mass is 340 g/mol. The molecule has 1 aromatic carbocycles. The van der Waals surface area contributed by atoms with Crippen LogP contribution in [0.2, 0.25) is 0 Å². The van der Waals surface area contributed by atoms with Crippen molar-refractivity contribution >= 4 is 16.0 Å². The third-order valence-electron chi connectivity index (χ3n) is 4.36. The SMILES string of the molecule is CC(C)c1ccc(S(=O)(=O)N2CCN(C(C)C(=O)O)CC2)cc1. The van der Waals surface area contributed by atoms with Gasteiger partial charge in [0.25, 0.3) is 0 Å². The van der Waals surface area contributed by atoms with Gasteiger partial charge in [0, 0.05) is 26.2 Å². The summed E-state index contributed by atoms with van der Waals surface area (Å²) in [6.45, 7) is 7.22. The smallest absolute Gasteiger partial charge is 0.320 e. The summed E-state index contributed by atoms with van der Waals surface area (Å²) in [5, 5.41) is 9.04. The number of sulfonamides is 1. The van der Waals surface area contributed by atoms with Crippen molar-refractivity contribution in [2.45, 2.75) is 37.6 Å². The van der Waals surface area contributed by atoms with Gasteiger partial charge in [0.2, 0.25) is 10.0 Å². The van der Waals surface area contributed by atoms with Crippen molar-refractivity contribution in [1.29, 1.82) is 0 Å². The van der Waals surface area contributed by atoms with Gasteiger partial charge >= 0.3 is 5.97 Å². The van der Waals surface area contributed by atoms with Crippen LogP contribution >= 0.6 is 0 Å². The molecule has 7 heteroatoms. The number of carbonyl (C=O) groups is 1. The van der Waals surface area contributed by atoms with E-state index in [1.165, 1.54) is 4.31 Å². The van der Waals surface area contributed by atoms with Crippen molar-refractivity contribution in [2.75, 3.05) is 26.2 Å². The number of carboxylic acids is 1. The minimum Gasteiger partial charge on any atom is -0.480 e. The van der Waals surface area contributed by atoms with Crippen molar-refractivity contribution in [1.82, 2.24) is 9.21 Å². The van der Waals surface area contributed by atoms with Crippen LogP contribution in [0.4, 0.5) is 0 Å². The van der Waals surface area contributed by atoms with E-state index in [4.69, 9.17) is 5.11 Å². The van der Waals surface area contributed by atoms with Gasteiger partial charge in [0.05, 0.1) is 4.90 Å². The first-order valence-corrected chi connectivity index (χ1v) is 9.24. The Morgan fingerprint density at radius 3 is 2.00 bits per heavy atom. The largest absolute Gasteiger partial charge is 0.480 e. The Labute approximate surface area is 137 Å². The Bertz CT molecular complexity index is 647. The zero-order valence-corrected chi connectivity index (χ0v) is 14.6. The molecule has 1 atom stereocenters. The second kappa shape index (κ2) is 6.98. The molecule has 1 N–H and O–H groups in total. The van der Waals surface area contributed by atoms with E-state index in [2.05, 4.69) is 13.8 Å². The van der Waals surface area contributed by atoms with Gasteiger partial charge < -0.3 is 5.11 Å². The summed E-state index contributed by atoms with van der Waals surface area (Å²) >= 11 is 0. The van der Waals surface area contributed by atoms with Crippen molar-refractivity contribution in [3.63, 3.8) is 0 Å². The van der Waals surface area contributed by atoms with E-state index in [0.29, 0.717) is 37.0 Å². The first-order valence-electron chi connectivity index (χ1n) is 7.80. The number of rotatable bonds is 5. The molecule has 1 aromatic rings. The molecule has 0 bridgehead atoms. The number of nitrogens with zero attached hydrogens (tertiary/aromatic N) is 2. The predicted molar refractivity (Wildman–Crippen MR) is 88.0 cm³/mol. The van der Waals surface area contributed by atoms with E-state index < -0.39 is 22.0 Å². The highest BCUT2D eigenvalue weighted by Crippen LogP contribution is 2.21. The summed E-state index contributed by atoms with van der Waals surface area (Å²) in [5.41, 5.74) is 1.10. The third-order valence-corrected chi connectivity index (χ3v) is 6.28. The van der Waals surface area contributed by atoms with Gasteiger partial charge in [-0.15, -0.1) is 0 Å². The Hall–Kier alpha value is -1.44. The fraction of sp³-hybridized carbons (Fsp3) is 0.562. The zero-order valence-electron chi connectivity index (χ0n) is 13.8. The minimum absolute atomic E-state index is 0.293. The second-order valence-electron chi connectivity index (χ2n) is 6.18. The first-order chi connectivity index (χ1) is 10.7. The Morgan fingerprint density at radius 2 is 1.57 bits per heavy atom. The van der Waals surface area contributed by atoms with E-state index in [9.17, 15) is 13.2 Å². The fourth-order valence-electron chi connectivity index (χ4n) is 2.66. The molecule has 0 saturated carbocycles. The minimum atomic E-state index is -3.51. The molecule has 1 fully saturated rings. The number of aliphatic carboxylic acids is 1. The van der Waals surface area contributed by atoms with Crippen LogP contribution in [0, 0.1) is 0 Å². The fourth-order valence-corrected chi connectivity index (χ4v) is 4.08. The maximum absolute atomic E-state index is 12.7. The molecule has 128 valence electrons. The van der Waals surface area contributed by atoms with E-state index >= 15 is 0 Å². The molecule has 1 unspecified atom stereocenters. The summed E-state index contributed by atoms with van der Waals surface area (Å²) in [6.07, 6.45) is 0. The van der Waals surface area contributed by atoms with Crippen LogP contribution in [0.5, 0.6) is 0 Å². The summed E-state index contributed by atoms with van der Waals surface area (Å²) in [6, 6.07) is 6.40. The lowest BCUT2D eigenvalue weighted by molar-refractivity contribution is -0.143. The van der Waals surface area contributed by atoms with Crippen molar-refractivity contribution in [2.24, 2.45) is 0 Å². The van der Waals surface area contributed by atoms with Crippen molar-refractivity contribution in [3.05, 3.63) is 29.8 Å². The summed E-state index contributed by atoms with van der Waals surface area (Å²) in [7, 11) is -3.51. The second-order valence-corrected chi connectivity index (χ2v) is 8.12. The molecule has 0 radical (unpaired) electrons. The van der Waals surface area contributed by atoms with E-state index in [0.717, 1.165) is 5.56 Å². The Morgan fingerprint density at radius 1 is 1.04 bits per heavy atom. The van der Waals surface area contributed by atoms with Gasteiger partial charge in [-0.3, -0.25) is 9.69 Å². The van der Waals surface area contributed by atoms with E-state index in [-0.39, 0.29) is 0 Å². The molecule has 1 aliphatic rings. The highest BCUT2D eigenvalue weighted by molar-refractivity contribution is 7.89. The number of carboxylic acid groups (broad SMARTS) is 1. The summed E-state index contributed by atoms with van der Waals surface area (Å²) < 4.78 is 26.8. The van der Waals surface area contributed by atoms with Gasteiger partial charge in [-0.1, -0.05) is 26.0 Å². The van der Waals surface area contributed by atoms with Crippen LogP contribution in [0.1, 0.15) is 32.3 Å². The van der Waals surface area contributed by atoms with Gasteiger partial charge in [-0.2, -0.15) is 4.31 Å². The van der Waals surface area contributed by atoms with Crippen molar-refractivity contribution < 1.29 is 18.3 Å². The van der Waals surface area contributed by atoms with Crippen molar-refractivity contribution in [3.8, 4) is 0 Å². The third kappa shape index (κ3) is 3.91. The van der Waals surface area contributed by atoms with E-state index in [1.54, 1.807) is 24.0 Å². The lowest BCUT2D eigenvalue weighted by Crippen LogP contribution is -2.53. The average Bonchev–Trinajstić information content (AvgIpc) is 2.54. The first kappa shape index (κ1) is 17.9. The van der Waals surface area contributed by atoms with Crippen LogP contribution < -0.4 is 0 Å². The van der Waals surface area contributed by atoms with Crippen LogP contribution in [0.15, 0.2) is 29.2 Å². The zero-order chi connectivity index (χ0) is 17.2. The maximum Gasteiger partial charge on any atom is 0.320 e. The molecule has 0 aliphatic carbocycles. The Kier molecular flexibility index (Phi) is 5.44. The van der Waals surface area contributed by atoms with Gasteiger partial charge in [-0.05, 0) is 30.5 Å². The molecule has 1 aliphatic heterocycles. The predicted octanol–water partition coefficient (Wildman–Crippen LogP) is 1.59. The molecule has 23 heavy (non-hydrogen) atoms.